The Kier molecular flexibility index (Phi) is 5.87. The molecule has 4 aliphatic rings. The highest BCUT2D eigenvalue weighted by molar-refractivity contribution is 5.82. The Labute approximate surface area is 212 Å². The third kappa shape index (κ3) is 3.69. The van der Waals surface area contributed by atoms with Crippen LogP contribution in [0.15, 0.2) is 28.7 Å². The fourth-order valence-electron chi connectivity index (χ4n) is 8.08. The second-order valence-corrected chi connectivity index (χ2v) is 12.2. The molecular weight excluding hydrogens is 459 g/mol. The zero-order valence-electron chi connectivity index (χ0n) is 21.8. The first-order chi connectivity index (χ1) is 17.1. The summed E-state index contributed by atoms with van der Waals surface area (Å²) in [6, 6.07) is 5.98. The van der Waals surface area contributed by atoms with Crippen molar-refractivity contribution in [1.29, 1.82) is 0 Å². The summed E-state index contributed by atoms with van der Waals surface area (Å²) < 4.78 is 28.3. The third-order valence-electron chi connectivity index (χ3n) is 10.0. The van der Waals surface area contributed by atoms with Crippen LogP contribution in [0.2, 0.25) is 0 Å². The standard InChI is InChI=1S/C29H39FN2O4/c1-16-31-22-13-17(5-8-25(22)35-16)19-6-7-20-24-10-12-29(36-24)15-23(32(3)4)27(34)26(33)21(29)14-18(30)9-11-28(19,20)2/h5-6,8,13,18,20-21,23-24,26-27,33-34H,7,9-12,14-15H2,1-4H3. The highest BCUT2D eigenvalue weighted by Gasteiger charge is 2.60. The molecule has 0 radical (unpaired) electrons. The van der Waals surface area contributed by atoms with Crippen LogP contribution in [0.1, 0.15) is 63.3 Å². The molecular formula is C29H39FN2O4. The Hall–Kier alpha value is -1.80. The van der Waals surface area contributed by atoms with E-state index in [1.807, 2.05) is 32.0 Å². The molecule has 6 rings (SSSR count). The topological polar surface area (TPSA) is 79.0 Å². The minimum absolute atomic E-state index is 0.0469. The van der Waals surface area contributed by atoms with Crippen molar-refractivity contribution in [3.63, 3.8) is 0 Å². The number of alkyl halides is 1. The van der Waals surface area contributed by atoms with Gasteiger partial charge in [-0.3, -0.25) is 0 Å². The number of rotatable bonds is 2. The molecule has 7 heteroatoms. The van der Waals surface area contributed by atoms with Gasteiger partial charge in [0.2, 0.25) is 0 Å². The lowest BCUT2D eigenvalue weighted by Gasteiger charge is -2.52. The number of aliphatic hydroxyl groups is 2. The van der Waals surface area contributed by atoms with E-state index in [2.05, 4.69) is 30.1 Å². The number of nitrogens with zero attached hydrogens (tertiary/aromatic N) is 2. The third-order valence-corrected chi connectivity index (χ3v) is 10.0. The normalized spacial score (nSPS) is 42.9. The number of hydrogen-bond acceptors (Lipinski definition) is 6. The zero-order chi connectivity index (χ0) is 25.4. The van der Waals surface area contributed by atoms with E-state index in [9.17, 15) is 10.2 Å². The first-order valence-corrected chi connectivity index (χ1v) is 13.5. The van der Waals surface area contributed by atoms with E-state index in [0.717, 1.165) is 42.3 Å². The van der Waals surface area contributed by atoms with E-state index in [1.54, 1.807) is 0 Å². The van der Waals surface area contributed by atoms with Gasteiger partial charge in [0.15, 0.2) is 11.5 Å². The maximum absolute atomic E-state index is 15.7. The molecule has 6 nitrogen and oxygen atoms in total. The number of aryl methyl sites for hydroxylation is 1. The van der Waals surface area contributed by atoms with Gasteiger partial charge in [0.05, 0.1) is 23.9 Å². The lowest BCUT2D eigenvalue weighted by Crippen LogP contribution is -2.63. The van der Waals surface area contributed by atoms with Gasteiger partial charge in [-0.1, -0.05) is 19.1 Å². The summed E-state index contributed by atoms with van der Waals surface area (Å²) in [5, 5.41) is 22.1. The number of hydrogen-bond donors (Lipinski definition) is 2. The zero-order valence-corrected chi connectivity index (χ0v) is 21.8. The van der Waals surface area contributed by atoms with E-state index in [1.165, 1.54) is 5.57 Å². The molecule has 2 N–H and O–H groups in total. The van der Waals surface area contributed by atoms with Crippen molar-refractivity contribution >= 4 is 16.7 Å². The first-order valence-electron chi connectivity index (χ1n) is 13.5. The van der Waals surface area contributed by atoms with Crippen molar-refractivity contribution in [3.05, 3.63) is 35.7 Å². The molecule has 0 amide bonds. The van der Waals surface area contributed by atoms with Crippen LogP contribution < -0.4 is 0 Å². The van der Waals surface area contributed by atoms with Gasteiger partial charge < -0.3 is 24.3 Å². The highest BCUT2D eigenvalue weighted by Crippen LogP contribution is 2.59. The summed E-state index contributed by atoms with van der Waals surface area (Å²) in [5.41, 5.74) is 3.21. The molecule has 2 saturated heterocycles. The van der Waals surface area contributed by atoms with Crippen LogP contribution in [0.5, 0.6) is 0 Å². The second kappa shape index (κ2) is 8.62. The summed E-state index contributed by atoms with van der Waals surface area (Å²) in [6.45, 7) is 4.15. The van der Waals surface area contributed by atoms with Gasteiger partial charge in [0, 0.05) is 18.9 Å². The monoisotopic (exact) mass is 498 g/mol. The van der Waals surface area contributed by atoms with Gasteiger partial charge >= 0.3 is 0 Å². The number of oxazole rings is 1. The number of aliphatic hydroxyl groups excluding tert-OH is 2. The van der Waals surface area contributed by atoms with Crippen LogP contribution in [0.4, 0.5) is 4.39 Å². The van der Waals surface area contributed by atoms with Gasteiger partial charge in [0.25, 0.3) is 0 Å². The molecule has 196 valence electrons. The minimum Gasteiger partial charge on any atom is -0.441 e. The van der Waals surface area contributed by atoms with E-state index < -0.39 is 24.0 Å². The molecule has 36 heavy (non-hydrogen) atoms. The Bertz CT molecular complexity index is 1180. The summed E-state index contributed by atoms with van der Waals surface area (Å²) in [5.74, 6) is 0.509. The molecule has 2 aliphatic heterocycles. The lowest BCUT2D eigenvalue weighted by molar-refractivity contribution is -0.205. The van der Waals surface area contributed by atoms with Crippen LogP contribution in [-0.4, -0.2) is 70.3 Å². The summed E-state index contributed by atoms with van der Waals surface area (Å²) in [6.07, 6.45) is 4.06. The van der Waals surface area contributed by atoms with E-state index in [0.29, 0.717) is 18.7 Å². The van der Waals surface area contributed by atoms with E-state index in [-0.39, 0.29) is 35.8 Å². The predicted octanol–water partition coefficient (Wildman–Crippen LogP) is 4.66. The maximum atomic E-state index is 15.7. The Balaban J connectivity index is 1.35. The molecule has 1 aromatic heterocycles. The van der Waals surface area contributed by atoms with Gasteiger partial charge in [-0.2, -0.15) is 0 Å². The van der Waals surface area contributed by atoms with Crippen molar-refractivity contribution in [3.8, 4) is 0 Å². The van der Waals surface area contributed by atoms with Crippen LogP contribution in [0.25, 0.3) is 16.7 Å². The van der Waals surface area contributed by atoms with Gasteiger partial charge in [0.1, 0.15) is 11.7 Å². The molecule has 3 fully saturated rings. The van der Waals surface area contributed by atoms with Crippen LogP contribution in [-0.2, 0) is 4.74 Å². The smallest absolute Gasteiger partial charge is 0.192 e. The minimum atomic E-state index is -1.05. The summed E-state index contributed by atoms with van der Waals surface area (Å²) in [4.78, 5) is 6.51. The number of likely N-dealkylation sites (N-methyl/N-ethyl adjacent to an activating group) is 1. The lowest BCUT2D eigenvalue weighted by atomic mass is 9.66. The average Bonchev–Trinajstić information content (AvgIpc) is 3.51. The van der Waals surface area contributed by atoms with Crippen molar-refractivity contribution in [2.24, 2.45) is 17.3 Å². The molecule has 2 aliphatic carbocycles. The van der Waals surface area contributed by atoms with Gasteiger partial charge in [-0.15, -0.1) is 0 Å². The molecule has 9 unspecified atom stereocenters. The van der Waals surface area contributed by atoms with Crippen molar-refractivity contribution in [2.45, 2.75) is 94.9 Å². The number of benzene rings is 1. The molecule has 1 saturated carbocycles. The largest absolute Gasteiger partial charge is 0.441 e. The highest BCUT2D eigenvalue weighted by atomic mass is 19.1. The van der Waals surface area contributed by atoms with Crippen LogP contribution in [0, 0.1) is 24.2 Å². The fourth-order valence-corrected chi connectivity index (χ4v) is 8.08. The van der Waals surface area contributed by atoms with Crippen LogP contribution >= 0.6 is 0 Å². The van der Waals surface area contributed by atoms with Crippen LogP contribution in [0.3, 0.4) is 0 Å². The van der Waals surface area contributed by atoms with E-state index >= 15 is 4.39 Å². The summed E-state index contributed by atoms with van der Waals surface area (Å²) in [7, 11) is 3.86. The fraction of sp³-hybridized carbons (Fsp3) is 0.690. The average molecular weight is 499 g/mol. The Morgan fingerprint density at radius 2 is 1.92 bits per heavy atom. The SMILES string of the molecule is Cc1nc2cc(C3=CCC4C5CCC6(CC(N(C)C)C(O)C(O)C6CC(F)CCC34C)O5)ccc2o1. The Morgan fingerprint density at radius 1 is 1.11 bits per heavy atom. The van der Waals surface area contributed by atoms with Crippen molar-refractivity contribution in [1.82, 2.24) is 9.88 Å². The molecule has 1 aromatic carbocycles. The number of halogens is 1. The molecule has 1 spiro atoms. The predicted molar refractivity (Wildman–Crippen MR) is 136 cm³/mol. The number of allylic oxidation sites excluding steroid dienone is 2. The van der Waals surface area contributed by atoms with Gasteiger partial charge in [-0.25, -0.2) is 9.37 Å². The molecule has 2 aromatic rings. The number of fused-ring (bicyclic) bond motifs is 4. The summed E-state index contributed by atoms with van der Waals surface area (Å²) >= 11 is 0. The molecule has 2 bridgehead atoms. The van der Waals surface area contributed by atoms with E-state index in [4.69, 9.17) is 9.15 Å². The first kappa shape index (κ1) is 24.5. The molecule has 9 atom stereocenters. The Morgan fingerprint density at radius 3 is 2.69 bits per heavy atom. The second-order valence-electron chi connectivity index (χ2n) is 12.2. The maximum Gasteiger partial charge on any atom is 0.192 e. The van der Waals surface area contributed by atoms with Crippen molar-refractivity contribution in [2.75, 3.05) is 14.1 Å². The number of aromatic nitrogens is 1. The molecule has 3 heterocycles. The number of ether oxygens (including phenoxy) is 1. The van der Waals surface area contributed by atoms with Crippen molar-refractivity contribution < 1.29 is 23.8 Å². The quantitative estimate of drug-likeness (QED) is 0.627. The van der Waals surface area contributed by atoms with Gasteiger partial charge in [-0.05, 0) is 93.6 Å².